The highest BCUT2D eigenvalue weighted by Gasteiger charge is 2.41. The van der Waals surface area contributed by atoms with E-state index in [9.17, 15) is 4.79 Å². The maximum absolute atomic E-state index is 11.5. The number of benzene rings is 1. The van der Waals surface area contributed by atoms with Gasteiger partial charge in [0, 0.05) is 18.5 Å². The molecule has 0 saturated heterocycles. The quantitative estimate of drug-likeness (QED) is 0.632. The molecule has 0 heterocycles. The van der Waals surface area contributed by atoms with E-state index >= 15 is 0 Å². The summed E-state index contributed by atoms with van der Waals surface area (Å²) in [5, 5.41) is 14.7. The molecular formula is C15H22N2O3. The Labute approximate surface area is 119 Å². The fourth-order valence-electron chi connectivity index (χ4n) is 1.88. The number of amides is 2. The van der Waals surface area contributed by atoms with Crippen LogP contribution in [0, 0.1) is 5.41 Å². The van der Waals surface area contributed by atoms with Crippen LogP contribution in [-0.4, -0.2) is 37.4 Å². The number of ether oxygens (including phenoxy) is 1. The van der Waals surface area contributed by atoms with Gasteiger partial charge in [0.25, 0.3) is 0 Å². The van der Waals surface area contributed by atoms with Crippen LogP contribution in [0.15, 0.2) is 30.3 Å². The van der Waals surface area contributed by atoms with E-state index in [0.717, 1.165) is 25.0 Å². The van der Waals surface area contributed by atoms with Gasteiger partial charge in [0.05, 0.1) is 13.2 Å². The number of rotatable bonds is 8. The van der Waals surface area contributed by atoms with Gasteiger partial charge in [0.1, 0.15) is 5.75 Å². The van der Waals surface area contributed by atoms with Crippen LogP contribution in [0.4, 0.5) is 4.79 Å². The summed E-state index contributed by atoms with van der Waals surface area (Å²) in [6.45, 7) is 1.85. The normalized spacial score (nSPS) is 15.4. The van der Waals surface area contributed by atoms with Crippen LogP contribution < -0.4 is 15.4 Å². The maximum atomic E-state index is 11.5. The summed E-state index contributed by atoms with van der Waals surface area (Å²) >= 11 is 0. The minimum atomic E-state index is -0.176. The number of aliphatic hydroxyl groups excluding tert-OH is 1. The van der Waals surface area contributed by atoms with E-state index < -0.39 is 0 Å². The van der Waals surface area contributed by atoms with Gasteiger partial charge < -0.3 is 20.5 Å². The highest BCUT2D eigenvalue weighted by atomic mass is 16.5. The summed E-state index contributed by atoms with van der Waals surface area (Å²) in [4.78, 5) is 11.5. The molecule has 0 spiro atoms. The van der Waals surface area contributed by atoms with Gasteiger partial charge in [-0.25, -0.2) is 4.79 Å². The fraction of sp³-hybridized carbons (Fsp3) is 0.533. The molecule has 1 aromatic rings. The molecule has 2 rings (SSSR count). The molecular weight excluding hydrogens is 256 g/mol. The Morgan fingerprint density at radius 1 is 1.25 bits per heavy atom. The van der Waals surface area contributed by atoms with Gasteiger partial charge in [-0.1, -0.05) is 18.2 Å². The van der Waals surface area contributed by atoms with E-state index in [1.54, 1.807) is 0 Å². The van der Waals surface area contributed by atoms with E-state index in [1.807, 2.05) is 30.3 Å². The second-order valence-corrected chi connectivity index (χ2v) is 5.28. The number of hydrogen-bond donors (Lipinski definition) is 3. The summed E-state index contributed by atoms with van der Waals surface area (Å²) in [6.07, 6.45) is 2.75. The molecule has 5 nitrogen and oxygen atoms in total. The van der Waals surface area contributed by atoms with Crippen molar-refractivity contribution >= 4 is 6.03 Å². The third kappa shape index (κ3) is 4.74. The van der Waals surface area contributed by atoms with Crippen molar-refractivity contribution in [3.05, 3.63) is 30.3 Å². The largest absolute Gasteiger partial charge is 0.494 e. The summed E-state index contributed by atoms with van der Waals surface area (Å²) in [5.74, 6) is 0.843. The highest BCUT2D eigenvalue weighted by molar-refractivity contribution is 5.73. The maximum Gasteiger partial charge on any atom is 0.314 e. The average molecular weight is 278 g/mol. The van der Waals surface area contributed by atoms with Crippen LogP contribution in [-0.2, 0) is 0 Å². The molecule has 1 aromatic carbocycles. The van der Waals surface area contributed by atoms with Crippen LogP contribution in [0.5, 0.6) is 5.75 Å². The first-order chi connectivity index (χ1) is 9.74. The molecule has 1 fully saturated rings. The van der Waals surface area contributed by atoms with Crippen LogP contribution in [0.25, 0.3) is 0 Å². The Morgan fingerprint density at radius 2 is 2.00 bits per heavy atom. The lowest BCUT2D eigenvalue weighted by Crippen LogP contribution is -2.40. The number of nitrogens with one attached hydrogen (secondary N) is 2. The number of hydrogen-bond acceptors (Lipinski definition) is 3. The van der Waals surface area contributed by atoms with E-state index in [2.05, 4.69) is 10.6 Å². The lowest BCUT2D eigenvalue weighted by Gasteiger charge is -2.13. The van der Waals surface area contributed by atoms with Gasteiger partial charge in [-0.2, -0.15) is 0 Å². The number of aliphatic hydroxyl groups is 1. The van der Waals surface area contributed by atoms with Crippen molar-refractivity contribution < 1.29 is 14.6 Å². The zero-order chi connectivity index (χ0) is 14.3. The minimum Gasteiger partial charge on any atom is -0.494 e. The summed E-state index contributed by atoms with van der Waals surface area (Å²) in [6, 6.07) is 9.43. The summed E-state index contributed by atoms with van der Waals surface area (Å²) in [7, 11) is 0. The third-order valence-corrected chi connectivity index (χ3v) is 3.54. The Balaban J connectivity index is 1.49. The van der Waals surface area contributed by atoms with Crippen LogP contribution in [0.3, 0.4) is 0 Å². The lowest BCUT2D eigenvalue weighted by molar-refractivity contribution is 0.203. The average Bonchev–Trinajstić information content (AvgIpc) is 3.26. The second kappa shape index (κ2) is 7.14. The smallest absolute Gasteiger partial charge is 0.314 e. The number of carbonyl (C=O) groups is 1. The van der Waals surface area contributed by atoms with Crippen molar-refractivity contribution in [3.63, 3.8) is 0 Å². The molecule has 0 aliphatic heterocycles. The molecule has 0 radical (unpaired) electrons. The molecule has 0 bridgehead atoms. The Hall–Kier alpha value is -1.75. The van der Waals surface area contributed by atoms with Gasteiger partial charge in [-0.15, -0.1) is 0 Å². The SMILES string of the molecule is O=C(NCCCOc1ccccc1)NCC1(CO)CC1. The molecule has 2 amide bonds. The summed E-state index contributed by atoms with van der Waals surface area (Å²) in [5.41, 5.74) is -0.0479. The zero-order valence-electron chi connectivity index (χ0n) is 11.6. The molecule has 0 aromatic heterocycles. The summed E-state index contributed by atoms with van der Waals surface area (Å²) < 4.78 is 5.52. The van der Waals surface area contributed by atoms with E-state index in [0.29, 0.717) is 19.7 Å². The molecule has 3 N–H and O–H groups in total. The molecule has 0 unspecified atom stereocenters. The molecule has 1 aliphatic carbocycles. The third-order valence-electron chi connectivity index (χ3n) is 3.54. The van der Waals surface area contributed by atoms with Gasteiger partial charge in [-0.05, 0) is 31.4 Å². The van der Waals surface area contributed by atoms with Crippen molar-refractivity contribution in [1.29, 1.82) is 0 Å². The van der Waals surface area contributed by atoms with Crippen molar-refractivity contribution in [3.8, 4) is 5.75 Å². The van der Waals surface area contributed by atoms with E-state index in [4.69, 9.17) is 9.84 Å². The van der Waals surface area contributed by atoms with Crippen molar-refractivity contribution in [2.45, 2.75) is 19.3 Å². The minimum absolute atomic E-state index is 0.0479. The molecule has 5 heteroatoms. The van der Waals surface area contributed by atoms with Gasteiger partial charge in [0.15, 0.2) is 0 Å². The standard InChI is InChI=1S/C15H22N2O3/c18-12-15(7-8-15)11-17-14(19)16-9-4-10-20-13-5-2-1-3-6-13/h1-3,5-6,18H,4,7-12H2,(H2,16,17,19). The van der Waals surface area contributed by atoms with Crippen LogP contribution in [0.1, 0.15) is 19.3 Å². The molecule has 1 saturated carbocycles. The Bertz CT molecular complexity index is 418. The van der Waals surface area contributed by atoms with E-state index in [-0.39, 0.29) is 18.1 Å². The predicted molar refractivity (Wildman–Crippen MR) is 76.7 cm³/mol. The zero-order valence-corrected chi connectivity index (χ0v) is 11.6. The number of carbonyl (C=O) groups excluding carboxylic acids is 1. The van der Waals surface area contributed by atoms with Gasteiger partial charge in [-0.3, -0.25) is 0 Å². The van der Waals surface area contributed by atoms with Crippen molar-refractivity contribution in [1.82, 2.24) is 10.6 Å². The van der Waals surface area contributed by atoms with Crippen LogP contribution in [0.2, 0.25) is 0 Å². The molecule has 1 aliphatic rings. The lowest BCUT2D eigenvalue weighted by atomic mass is 10.1. The first-order valence-electron chi connectivity index (χ1n) is 7.05. The Kier molecular flexibility index (Phi) is 5.24. The first-order valence-corrected chi connectivity index (χ1v) is 7.05. The highest BCUT2D eigenvalue weighted by Crippen LogP contribution is 2.44. The van der Waals surface area contributed by atoms with Gasteiger partial charge in [0.2, 0.25) is 0 Å². The number of urea groups is 1. The second-order valence-electron chi connectivity index (χ2n) is 5.28. The Morgan fingerprint density at radius 3 is 2.65 bits per heavy atom. The first kappa shape index (κ1) is 14.7. The molecule has 110 valence electrons. The predicted octanol–water partition coefficient (Wildman–Crippen LogP) is 1.53. The van der Waals surface area contributed by atoms with Gasteiger partial charge >= 0.3 is 6.03 Å². The van der Waals surface area contributed by atoms with Crippen LogP contribution >= 0.6 is 0 Å². The van der Waals surface area contributed by atoms with Crippen molar-refractivity contribution in [2.75, 3.05) is 26.3 Å². The fourth-order valence-corrected chi connectivity index (χ4v) is 1.88. The van der Waals surface area contributed by atoms with Crippen molar-refractivity contribution in [2.24, 2.45) is 5.41 Å². The topological polar surface area (TPSA) is 70.6 Å². The molecule has 0 atom stereocenters. The number of para-hydroxylation sites is 1. The van der Waals surface area contributed by atoms with E-state index in [1.165, 1.54) is 0 Å². The monoisotopic (exact) mass is 278 g/mol. The molecule has 20 heavy (non-hydrogen) atoms.